The molecule has 2 bridgehead atoms. The molecule has 0 saturated carbocycles. The highest BCUT2D eigenvalue weighted by Crippen LogP contribution is 2.40. The van der Waals surface area contributed by atoms with E-state index in [9.17, 15) is 9.18 Å². The quantitative estimate of drug-likeness (QED) is 0.393. The van der Waals surface area contributed by atoms with Crippen LogP contribution in [0.1, 0.15) is 41.3 Å². The first kappa shape index (κ1) is 22.9. The van der Waals surface area contributed by atoms with Gasteiger partial charge in [0.2, 0.25) is 5.88 Å². The summed E-state index contributed by atoms with van der Waals surface area (Å²) in [5, 5.41) is 12.7. The van der Waals surface area contributed by atoms with Crippen LogP contribution in [0.15, 0.2) is 47.7 Å². The number of hydrogen-bond acceptors (Lipinski definition) is 5. The third-order valence-electron chi connectivity index (χ3n) is 7.68. The molecule has 0 amide bonds. The van der Waals surface area contributed by atoms with Gasteiger partial charge in [0.05, 0.1) is 24.2 Å². The van der Waals surface area contributed by atoms with Crippen LogP contribution in [0.4, 0.5) is 8.78 Å². The maximum absolute atomic E-state index is 15.6. The SMILES string of the molecule is COc1cc2c(F)c(-n3ccn(-c4c5c(nn4-c4cc(C)c(F)c(C)c4)C[C@H]4CC[C@@H]5N4)c3=O)ccn2n1. The predicted octanol–water partition coefficient (Wildman–Crippen LogP) is 3.71. The lowest BCUT2D eigenvalue weighted by Gasteiger charge is -2.21. The van der Waals surface area contributed by atoms with Crippen molar-refractivity contribution in [3.8, 4) is 23.1 Å². The van der Waals surface area contributed by atoms with E-state index < -0.39 is 11.5 Å². The number of benzene rings is 1. The highest BCUT2D eigenvalue weighted by Gasteiger charge is 2.38. The minimum atomic E-state index is -0.594. The van der Waals surface area contributed by atoms with Crippen LogP contribution < -0.4 is 15.7 Å². The number of aryl methyl sites for hydroxylation is 2. The highest BCUT2D eigenvalue weighted by atomic mass is 19.1. The molecule has 7 rings (SSSR count). The van der Waals surface area contributed by atoms with Gasteiger partial charge in [0.25, 0.3) is 0 Å². The molecule has 0 spiro atoms. The van der Waals surface area contributed by atoms with Gasteiger partial charge in [0.1, 0.15) is 17.2 Å². The van der Waals surface area contributed by atoms with Crippen molar-refractivity contribution in [3.63, 3.8) is 0 Å². The number of rotatable bonds is 4. The molecule has 0 aliphatic carbocycles. The van der Waals surface area contributed by atoms with Gasteiger partial charge in [0.15, 0.2) is 5.82 Å². The molecule has 2 aliphatic rings. The molecule has 11 heteroatoms. The Hall–Kier alpha value is -4.25. The Bertz CT molecular complexity index is 1790. The molecule has 194 valence electrons. The Morgan fingerprint density at radius 1 is 1.00 bits per heavy atom. The molecular formula is C27H25F2N7O2. The molecule has 0 radical (unpaired) electrons. The molecule has 1 saturated heterocycles. The fourth-order valence-electron chi connectivity index (χ4n) is 5.87. The molecule has 6 heterocycles. The molecule has 1 fully saturated rings. The van der Waals surface area contributed by atoms with E-state index in [1.807, 2.05) is 0 Å². The van der Waals surface area contributed by atoms with Crippen molar-refractivity contribution < 1.29 is 13.5 Å². The molecule has 2 aliphatic heterocycles. The van der Waals surface area contributed by atoms with Crippen molar-refractivity contribution in [1.29, 1.82) is 0 Å². The van der Waals surface area contributed by atoms with Gasteiger partial charge < -0.3 is 10.1 Å². The first-order valence-corrected chi connectivity index (χ1v) is 12.5. The average Bonchev–Trinajstić information content (AvgIpc) is 3.67. The van der Waals surface area contributed by atoms with Crippen LogP contribution in [0.5, 0.6) is 5.88 Å². The van der Waals surface area contributed by atoms with E-state index in [0.717, 1.165) is 30.5 Å². The first-order valence-electron chi connectivity index (χ1n) is 12.5. The number of methoxy groups -OCH3 is 1. The summed E-state index contributed by atoms with van der Waals surface area (Å²) in [6, 6.07) is 6.85. The van der Waals surface area contributed by atoms with Crippen molar-refractivity contribution in [2.45, 2.75) is 45.2 Å². The van der Waals surface area contributed by atoms with Crippen LogP contribution in [0, 0.1) is 25.5 Å². The van der Waals surface area contributed by atoms with Gasteiger partial charge in [-0.15, -0.1) is 5.10 Å². The summed E-state index contributed by atoms with van der Waals surface area (Å²) in [5.41, 5.74) is 3.38. The fraction of sp³-hybridized carbons (Fsp3) is 0.296. The van der Waals surface area contributed by atoms with Crippen LogP contribution in [0.25, 0.3) is 22.7 Å². The van der Waals surface area contributed by atoms with Gasteiger partial charge in [-0.05, 0) is 56.0 Å². The molecule has 1 aromatic carbocycles. The number of halogens is 2. The maximum atomic E-state index is 15.6. The number of nitrogens with one attached hydrogen (secondary N) is 1. The van der Waals surface area contributed by atoms with E-state index in [1.165, 1.54) is 32.9 Å². The zero-order chi connectivity index (χ0) is 26.3. The third kappa shape index (κ3) is 3.21. The lowest BCUT2D eigenvalue weighted by molar-refractivity contribution is 0.395. The Morgan fingerprint density at radius 2 is 1.76 bits per heavy atom. The highest BCUT2D eigenvalue weighted by molar-refractivity contribution is 5.57. The van der Waals surface area contributed by atoms with E-state index >= 15 is 4.39 Å². The van der Waals surface area contributed by atoms with E-state index in [4.69, 9.17) is 9.84 Å². The Balaban J connectivity index is 1.44. The van der Waals surface area contributed by atoms with Crippen LogP contribution in [-0.4, -0.2) is 41.7 Å². The van der Waals surface area contributed by atoms with Gasteiger partial charge >= 0.3 is 5.69 Å². The van der Waals surface area contributed by atoms with E-state index in [-0.39, 0.29) is 28.9 Å². The normalized spacial score (nSPS) is 18.3. The largest absolute Gasteiger partial charge is 0.480 e. The Morgan fingerprint density at radius 3 is 2.53 bits per heavy atom. The van der Waals surface area contributed by atoms with Gasteiger partial charge in [-0.2, -0.15) is 5.10 Å². The van der Waals surface area contributed by atoms with Crippen molar-refractivity contribution in [3.05, 3.63) is 87.4 Å². The molecule has 1 N–H and O–H groups in total. The number of hydrogen-bond donors (Lipinski definition) is 1. The van der Waals surface area contributed by atoms with Crippen LogP contribution in [0.3, 0.4) is 0 Å². The summed E-state index contributed by atoms with van der Waals surface area (Å²) in [5.74, 6) is -0.00401. The topological polar surface area (TPSA) is 83.3 Å². The second-order valence-electron chi connectivity index (χ2n) is 10.0. The van der Waals surface area contributed by atoms with Crippen LogP contribution in [0.2, 0.25) is 0 Å². The zero-order valence-corrected chi connectivity index (χ0v) is 21.1. The van der Waals surface area contributed by atoms with E-state index in [2.05, 4.69) is 10.4 Å². The van der Waals surface area contributed by atoms with Crippen molar-refractivity contribution in [1.82, 2.24) is 33.8 Å². The number of pyridine rings is 1. The third-order valence-corrected chi connectivity index (χ3v) is 7.68. The molecule has 2 atom stereocenters. The summed E-state index contributed by atoms with van der Waals surface area (Å²) >= 11 is 0. The first-order chi connectivity index (χ1) is 18.3. The summed E-state index contributed by atoms with van der Waals surface area (Å²) in [7, 11) is 1.46. The molecule has 4 aromatic heterocycles. The fourth-order valence-corrected chi connectivity index (χ4v) is 5.87. The predicted molar refractivity (Wildman–Crippen MR) is 136 cm³/mol. The van der Waals surface area contributed by atoms with E-state index in [0.29, 0.717) is 28.7 Å². The van der Waals surface area contributed by atoms with E-state index in [1.54, 1.807) is 49.3 Å². The number of imidazole rings is 1. The van der Waals surface area contributed by atoms with Gasteiger partial charge in [0, 0.05) is 48.7 Å². The van der Waals surface area contributed by atoms with Crippen molar-refractivity contribution >= 4 is 5.52 Å². The molecule has 0 unspecified atom stereocenters. The van der Waals surface area contributed by atoms with Gasteiger partial charge in [-0.1, -0.05) is 0 Å². The monoisotopic (exact) mass is 517 g/mol. The van der Waals surface area contributed by atoms with Crippen molar-refractivity contribution in [2.24, 2.45) is 0 Å². The zero-order valence-electron chi connectivity index (χ0n) is 21.1. The summed E-state index contributed by atoms with van der Waals surface area (Å²) in [6.45, 7) is 3.43. The standard InChI is InChI=1S/C27H25F2N7O2/c1-14-10-17(11-15(2)24(14)28)36-26(23-18-5-4-16(30-18)12-19(23)31-36)34-9-8-33(27(34)37)20-6-7-35-21(25(20)29)13-22(32-35)38-3/h6-11,13,16,18,30H,4-5,12H2,1-3H3/t16-,18+/m1/s1. The molecule has 5 aromatic rings. The minimum Gasteiger partial charge on any atom is -0.480 e. The number of fused-ring (bicyclic) bond motifs is 5. The Labute approximate surface area is 215 Å². The van der Waals surface area contributed by atoms with Crippen molar-refractivity contribution in [2.75, 3.05) is 7.11 Å². The second-order valence-corrected chi connectivity index (χ2v) is 10.0. The van der Waals surface area contributed by atoms with Crippen LogP contribution in [-0.2, 0) is 6.42 Å². The molecule has 9 nitrogen and oxygen atoms in total. The second kappa shape index (κ2) is 8.12. The average molecular weight is 518 g/mol. The number of ether oxygens (including phenoxy) is 1. The van der Waals surface area contributed by atoms with Gasteiger partial charge in [-0.25, -0.2) is 22.8 Å². The van der Waals surface area contributed by atoms with Crippen LogP contribution >= 0.6 is 0 Å². The lowest BCUT2D eigenvalue weighted by atomic mass is 10.0. The lowest BCUT2D eigenvalue weighted by Crippen LogP contribution is -2.32. The molecular weight excluding hydrogens is 492 g/mol. The summed E-state index contributed by atoms with van der Waals surface area (Å²) < 4.78 is 41.0. The number of aromatic nitrogens is 6. The number of nitrogens with zero attached hydrogens (tertiary/aromatic N) is 6. The maximum Gasteiger partial charge on any atom is 0.338 e. The Kier molecular flexibility index (Phi) is 4.90. The summed E-state index contributed by atoms with van der Waals surface area (Å²) in [4.78, 5) is 13.9. The summed E-state index contributed by atoms with van der Waals surface area (Å²) in [6.07, 6.45) is 7.46. The minimum absolute atomic E-state index is 0.0535. The smallest absolute Gasteiger partial charge is 0.338 e. The molecule has 38 heavy (non-hydrogen) atoms. The van der Waals surface area contributed by atoms with Gasteiger partial charge in [-0.3, -0.25) is 9.13 Å².